The first-order chi connectivity index (χ1) is 17.5. The number of quaternary nitrogens is 1. The van der Waals surface area contributed by atoms with E-state index in [0.29, 0.717) is 24.3 Å². The van der Waals surface area contributed by atoms with Gasteiger partial charge in [0.15, 0.2) is 0 Å². The number of carbonyl (C=O) groups is 2. The Balaban J connectivity index is 1.62. The molecule has 8 heteroatoms. The molecule has 8 nitrogen and oxygen atoms in total. The molecule has 1 unspecified atom stereocenters. The molecule has 2 aromatic rings. The zero-order valence-corrected chi connectivity index (χ0v) is 21.1. The summed E-state index contributed by atoms with van der Waals surface area (Å²) in [5.74, 6) is -1.04. The Morgan fingerprint density at radius 3 is 2.61 bits per heavy atom. The molecule has 0 saturated carbocycles. The second kappa shape index (κ2) is 12.1. The molecule has 0 radical (unpaired) electrons. The summed E-state index contributed by atoms with van der Waals surface area (Å²) in [5.41, 5.74) is 1.91. The number of nitrogens with one attached hydrogen (secondary N) is 1. The Kier molecular flexibility index (Phi) is 8.72. The summed E-state index contributed by atoms with van der Waals surface area (Å²) in [4.78, 5) is 33.4. The number of pyridine rings is 1. The van der Waals surface area contributed by atoms with E-state index in [0.717, 1.165) is 63.4 Å². The number of nitrogens with zero attached hydrogens (tertiary/aromatic N) is 2. The molecule has 1 aromatic heterocycles. The fourth-order valence-electron chi connectivity index (χ4n) is 4.84. The second-order valence-electron chi connectivity index (χ2n) is 9.40. The van der Waals surface area contributed by atoms with Crippen LogP contribution >= 0.6 is 0 Å². The highest BCUT2D eigenvalue weighted by Crippen LogP contribution is 2.38. The minimum absolute atomic E-state index is 0.00368. The molecule has 1 atom stereocenters. The number of benzene rings is 1. The van der Waals surface area contributed by atoms with Gasteiger partial charge in [-0.2, -0.15) is 0 Å². The lowest BCUT2D eigenvalue weighted by Gasteiger charge is -2.29. The van der Waals surface area contributed by atoms with Crippen LogP contribution in [0.2, 0.25) is 0 Å². The van der Waals surface area contributed by atoms with E-state index in [4.69, 9.17) is 9.47 Å². The average molecular weight is 494 g/mol. The van der Waals surface area contributed by atoms with Gasteiger partial charge >= 0.3 is 0 Å². The van der Waals surface area contributed by atoms with Crippen molar-refractivity contribution in [2.45, 2.75) is 39.2 Å². The van der Waals surface area contributed by atoms with Crippen LogP contribution in [-0.4, -0.2) is 67.6 Å². The number of hydrogen-bond donors (Lipinski definition) is 1. The van der Waals surface area contributed by atoms with Gasteiger partial charge in [-0.05, 0) is 54.3 Å². The minimum Gasteiger partial charge on any atom is -0.872 e. The first-order valence-corrected chi connectivity index (χ1v) is 12.8. The van der Waals surface area contributed by atoms with E-state index in [2.05, 4.69) is 11.9 Å². The van der Waals surface area contributed by atoms with Gasteiger partial charge in [0.05, 0.1) is 32.4 Å². The van der Waals surface area contributed by atoms with E-state index in [1.807, 2.05) is 6.92 Å². The number of ether oxygens (including phenoxy) is 2. The summed E-state index contributed by atoms with van der Waals surface area (Å²) >= 11 is 0. The molecular weight excluding hydrogens is 458 g/mol. The monoisotopic (exact) mass is 493 g/mol. The van der Waals surface area contributed by atoms with Crippen molar-refractivity contribution < 1.29 is 29.1 Å². The number of unbranched alkanes of at least 4 members (excludes halogenated alkanes) is 1. The third-order valence-electron chi connectivity index (χ3n) is 6.87. The fourth-order valence-corrected chi connectivity index (χ4v) is 4.84. The van der Waals surface area contributed by atoms with Gasteiger partial charge in [-0.1, -0.05) is 25.2 Å². The molecule has 2 aliphatic heterocycles. The smallest absolute Gasteiger partial charge is 0.295 e. The highest BCUT2D eigenvalue weighted by molar-refractivity contribution is 6.46. The molecule has 2 fully saturated rings. The number of aryl methyl sites for hydroxylation is 1. The molecule has 1 aromatic carbocycles. The lowest BCUT2D eigenvalue weighted by Crippen LogP contribution is -3.14. The molecule has 1 amide bonds. The first kappa shape index (κ1) is 25.9. The van der Waals surface area contributed by atoms with E-state index < -0.39 is 23.5 Å². The molecule has 1 N–H and O–H groups in total. The molecule has 36 heavy (non-hydrogen) atoms. The van der Waals surface area contributed by atoms with Gasteiger partial charge in [-0.3, -0.25) is 14.6 Å². The zero-order valence-electron chi connectivity index (χ0n) is 21.1. The van der Waals surface area contributed by atoms with Crippen molar-refractivity contribution in [3.8, 4) is 5.75 Å². The highest BCUT2D eigenvalue weighted by Gasteiger charge is 2.44. The van der Waals surface area contributed by atoms with Gasteiger partial charge < -0.3 is 24.4 Å². The average Bonchev–Trinajstić information content (AvgIpc) is 3.15. The molecule has 0 aliphatic carbocycles. The molecule has 2 aliphatic rings. The van der Waals surface area contributed by atoms with E-state index in [9.17, 15) is 14.7 Å². The number of ketones is 1. The minimum atomic E-state index is -0.721. The predicted octanol–water partition coefficient (Wildman–Crippen LogP) is 1.10. The maximum absolute atomic E-state index is 13.7. The lowest BCUT2D eigenvalue weighted by atomic mass is 9.95. The Morgan fingerprint density at radius 2 is 1.92 bits per heavy atom. The largest absolute Gasteiger partial charge is 0.872 e. The summed E-state index contributed by atoms with van der Waals surface area (Å²) in [6, 6.07) is 7.99. The van der Waals surface area contributed by atoms with Crippen LogP contribution < -0.4 is 14.7 Å². The van der Waals surface area contributed by atoms with Gasteiger partial charge in [0.1, 0.15) is 18.8 Å². The van der Waals surface area contributed by atoms with Gasteiger partial charge in [0.25, 0.3) is 5.91 Å². The van der Waals surface area contributed by atoms with Crippen LogP contribution in [0.4, 0.5) is 0 Å². The maximum Gasteiger partial charge on any atom is 0.295 e. The Hall–Kier alpha value is -3.23. The van der Waals surface area contributed by atoms with Gasteiger partial charge in [0, 0.05) is 30.9 Å². The zero-order chi connectivity index (χ0) is 25.5. The topological polar surface area (TPSA) is 96.2 Å². The van der Waals surface area contributed by atoms with E-state index in [-0.39, 0.29) is 5.57 Å². The summed E-state index contributed by atoms with van der Waals surface area (Å²) in [6.07, 6.45) is 5.96. The Morgan fingerprint density at radius 1 is 1.17 bits per heavy atom. The van der Waals surface area contributed by atoms with Crippen molar-refractivity contribution in [2.75, 3.05) is 46.0 Å². The number of rotatable bonds is 10. The fraction of sp³-hybridized carbons (Fsp3) is 0.464. The number of amides is 1. The van der Waals surface area contributed by atoms with E-state index in [1.54, 1.807) is 47.6 Å². The van der Waals surface area contributed by atoms with E-state index >= 15 is 0 Å². The molecule has 0 spiro atoms. The second-order valence-corrected chi connectivity index (χ2v) is 9.40. The third kappa shape index (κ3) is 5.77. The summed E-state index contributed by atoms with van der Waals surface area (Å²) in [6.45, 7) is 9.23. The van der Waals surface area contributed by atoms with Crippen molar-refractivity contribution in [3.63, 3.8) is 0 Å². The normalized spacial score (nSPS) is 20.2. The first-order valence-electron chi connectivity index (χ1n) is 12.8. The quantitative estimate of drug-likeness (QED) is 0.231. The number of Topliss-reactive ketones (excluding diaryl/α,β-unsaturated/α-hetero) is 1. The van der Waals surface area contributed by atoms with Crippen molar-refractivity contribution >= 4 is 17.4 Å². The van der Waals surface area contributed by atoms with Crippen LogP contribution in [0, 0.1) is 6.92 Å². The molecule has 0 bridgehead atoms. The Bertz CT molecular complexity index is 1100. The van der Waals surface area contributed by atoms with Crippen LogP contribution in [0.25, 0.3) is 5.76 Å². The summed E-state index contributed by atoms with van der Waals surface area (Å²) < 4.78 is 11.2. The van der Waals surface area contributed by atoms with Crippen molar-refractivity contribution in [1.29, 1.82) is 0 Å². The van der Waals surface area contributed by atoms with Crippen LogP contribution in [0.3, 0.4) is 0 Å². The van der Waals surface area contributed by atoms with Crippen LogP contribution in [0.15, 0.2) is 48.3 Å². The number of likely N-dealkylation sites (tertiary alicyclic amines) is 1. The predicted molar refractivity (Wildman–Crippen MR) is 133 cm³/mol. The molecule has 3 heterocycles. The molecule has 192 valence electrons. The molecule has 2 saturated heterocycles. The third-order valence-corrected chi connectivity index (χ3v) is 6.87. The van der Waals surface area contributed by atoms with E-state index in [1.165, 1.54) is 4.90 Å². The number of aromatic nitrogens is 1. The highest BCUT2D eigenvalue weighted by atomic mass is 16.5. The number of carbonyl (C=O) groups excluding carboxylic acids is 2. The summed E-state index contributed by atoms with van der Waals surface area (Å²) in [5, 5.41) is 13.7. The SMILES string of the molecule is CCCCOc1ccc(C([O-])=C2C(=O)C(=O)N(CCC[NH+]3CCOCC3)C2c2ccncc2)cc1C. The van der Waals surface area contributed by atoms with Gasteiger partial charge in [-0.25, -0.2) is 0 Å². The van der Waals surface area contributed by atoms with Crippen molar-refractivity contribution in [3.05, 3.63) is 65.0 Å². The van der Waals surface area contributed by atoms with Gasteiger partial charge in [-0.15, -0.1) is 0 Å². The van der Waals surface area contributed by atoms with Crippen LogP contribution in [0.1, 0.15) is 48.9 Å². The van der Waals surface area contributed by atoms with Crippen LogP contribution in [0.5, 0.6) is 5.75 Å². The standard InChI is InChI=1S/C28H35N3O5/c1-3-4-16-36-23-7-6-22(19-20(23)2)26(32)24-25(21-8-10-29-11-9-21)31(28(34)27(24)33)13-5-12-30-14-17-35-18-15-30/h6-11,19,25,32H,3-5,12-18H2,1-2H3. The van der Waals surface area contributed by atoms with Crippen molar-refractivity contribution in [2.24, 2.45) is 0 Å². The summed E-state index contributed by atoms with van der Waals surface area (Å²) in [7, 11) is 0. The van der Waals surface area contributed by atoms with Crippen molar-refractivity contribution in [1.82, 2.24) is 9.88 Å². The number of morpholine rings is 1. The van der Waals surface area contributed by atoms with Gasteiger partial charge in [0.2, 0.25) is 5.78 Å². The lowest BCUT2D eigenvalue weighted by molar-refractivity contribution is -0.908. The molecule has 4 rings (SSSR count). The maximum atomic E-state index is 13.7. The molecular formula is C28H35N3O5. The van der Waals surface area contributed by atoms with Crippen LogP contribution in [-0.2, 0) is 14.3 Å². The Labute approximate surface area is 212 Å². The number of hydrogen-bond acceptors (Lipinski definition) is 6.